The Bertz CT molecular complexity index is 1190. The van der Waals surface area contributed by atoms with Crippen molar-refractivity contribution in [2.45, 2.75) is 25.7 Å². The van der Waals surface area contributed by atoms with E-state index >= 15 is 0 Å². The quantitative estimate of drug-likeness (QED) is 0.509. The molecule has 9 nitrogen and oxygen atoms in total. The highest BCUT2D eigenvalue weighted by Crippen LogP contribution is 2.35. The van der Waals surface area contributed by atoms with Crippen LogP contribution in [0.1, 0.15) is 43.7 Å². The van der Waals surface area contributed by atoms with Gasteiger partial charge < -0.3 is 20.5 Å². The molecule has 32 heavy (non-hydrogen) atoms. The molecule has 4 rings (SSSR count). The molecule has 3 N–H and O–H groups in total. The van der Waals surface area contributed by atoms with Crippen LogP contribution < -0.4 is 16.0 Å². The topological polar surface area (TPSA) is 114 Å². The van der Waals surface area contributed by atoms with Crippen LogP contribution in [0.4, 0.5) is 24.9 Å². The Balaban J connectivity index is 1.43. The molecule has 1 unspecified atom stereocenters. The van der Waals surface area contributed by atoms with Crippen LogP contribution in [-0.2, 0) is 12.7 Å². The highest BCUT2D eigenvalue weighted by Gasteiger charge is 2.34. The van der Waals surface area contributed by atoms with Crippen molar-refractivity contribution in [2.75, 3.05) is 17.2 Å². The van der Waals surface area contributed by atoms with Gasteiger partial charge in [-0.1, -0.05) is 11.6 Å². The lowest BCUT2D eigenvalue weighted by Crippen LogP contribution is -2.28. The minimum atomic E-state index is -4.68. The lowest BCUT2D eigenvalue weighted by atomic mass is 10.2. The number of aromatic nitrogens is 4. The Labute approximate surface area is 188 Å². The number of rotatable bonds is 5. The number of nitrogens with zero attached hydrogens (tertiary/aromatic N) is 4. The van der Waals surface area contributed by atoms with Gasteiger partial charge in [-0.3, -0.25) is 9.59 Å². The molecular formula is C18H15ClF3N7O2S. The molecule has 1 aliphatic heterocycles. The van der Waals surface area contributed by atoms with Crippen LogP contribution >= 0.6 is 22.9 Å². The van der Waals surface area contributed by atoms with Crippen LogP contribution in [0.15, 0.2) is 24.7 Å². The van der Waals surface area contributed by atoms with Crippen molar-refractivity contribution < 1.29 is 22.8 Å². The molecule has 0 spiro atoms. The zero-order chi connectivity index (χ0) is 23.0. The van der Waals surface area contributed by atoms with Crippen molar-refractivity contribution in [2.24, 2.45) is 0 Å². The van der Waals surface area contributed by atoms with Gasteiger partial charge in [-0.15, -0.1) is 11.3 Å². The first kappa shape index (κ1) is 22.0. The predicted octanol–water partition coefficient (Wildman–Crippen LogP) is 3.58. The molecule has 0 saturated heterocycles. The van der Waals surface area contributed by atoms with Crippen LogP contribution in [-0.4, -0.2) is 37.9 Å². The molecule has 0 radical (unpaired) electrons. The third-order valence-electron chi connectivity index (χ3n) is 4.57. The molecule has 4 heterocycles. The number of anilines is 2. The second-order valence-corrected chi connectivity index (χ2v) is 8.27. The second-order valence-electron chi connectivity index (χ2n) is 6.80. The van der Waals surface area contributed by atoms with Crippen molar-refractivity contribution in [1.82, 2.24) is 24.8 Å². The fourth-order valence-electron chi connectivity index (χ4n) is 3.03. The number of halogens is 4. The Morgan fingerprint density at radius 3 is 2.75 bits per heavy atom. The van der Waals surface area contributed by atoms with Gasteiger partial charge >= 0.3 is 6.18 Å². The van der Waals surface area contributed by atoms with Crippen molar-refractivity contribution in [3.05, 3.63) is 50.8 Å². The standard InChI is InChI=1S/C18H15ClF3N7O2S/c1-8(27-14(30)11-6-26-17-23-2-3-29(11)17)16-25-7-12(32-16)15(31)28-13-4-9(18(20,21)22)10(19)5-24-13/h4-8H,2-3H2,1H3,(H,23,26)(H,27,30)(H,24,28,31). The number of fused-ring (bicyclic) bond motifs is 1. The normalized spacial score (nSPS) is 13.9. The summed E-state index contributed by atoms with van der Waals surface area (Å²) in [6, 6.07) is 0.143. The van der Waals surface area contributed by atoms with E-state index in [0.717, 1.165) is 17.5 Å². The van der Waals surface area contributed by atoms with E-state index in [-0.39, 0.29) is 16.6 Å². The third-order valence-corrected chi connectivity index (χ3v) is 6.05. The first-order valence-corrected chi connectivity index (χ1v) is 10.4. The van der Waals surface area contributed by atoms with E-state index < -0.39 is 28.7 Å². The molecule has 3 aromatic heterocycles. The molecule has 14 heteroatoms. The summed E-state index contributed by atoms with van der Waals surface area (Å²) in [6.07, 6.45) is -1.12. The summed E-state index contributed by atoms with van der Waals surface area (Å²) >= 11 is 6.53. The summed E-state index contributed by atoms with van der Waals surface area (Å²) < 4.78 is 40.7. The Hall–Kier alpha value is -3.19. The summed E-state index contributed by atoms with van der Waals surface area (Å²) in [5, 5.41) is 8.03. The van der Waals surface area contributed by atoms with E-state index in [1.165, 1.54) is 12.4 Å². The number of alkyl halides is 3. The number of hydrogen-bond donors (Lipinski definition) is 3. The van der Waals surface area contributed by atoms with Crippen LogP contribution in [0.2, 0.25) is 5.02 Å². The van der Waals surface area contributed by atoms with E-state index in [9.17, 15) is 22.8 Å². The van der Waals surface area contributed by atoms with Gasteiger partial charge in [0.2, 0.25) is 5.95 Å². The molecule has 168 valence electrons. The zero-order valence-corrected chi connectivity index (χ0v) is 17.9. The third kappa shape index (κ3) is 4.39. The summed E-state index contributed by atoms with van der Waals surface area (Å²) in [5.41, 5.74) is -0.701. The maximum atomic E-state index is 13.0. The Kier molecular flexibility index (Phi) is 5.77. The van der Waals surface area contributed by atoms with Gasteiger partial charge in [0, 0.05) is 19.3 Å². The maximum absolute atomic E-state index is 13.0. The van der Waals surface area contributed by atoms with Gasteiger partial charge in [-0.2, -0.15) is 13.2 Å². The van der Waals surface area contributed by atoms with Gasteiger partial charge in [-0.05, 0) is 13.0 Å². The maximum Gasteiger partial charge on any atom is 0.418 e. The highest BCUT2D eigenvalue weighted by molar-refractivity contribution is 7.13. The fourth-order valence-corrected chi connectivity index (χ4v) is 4.06. The molecule has 1 atom stereocenters. The van der Waals surface area contributed by atoms with Crippen molar-refractivity contribution in [3.8, 4) is 0 Å². The van der Waals surface area contributed by atoms with E-state index in [2.05, 4.69) is 30.9 Å². The number of carbonyl (C=O) groups excluding carboxylic acids is 2. The molecule has 0 bridgehead atoms. The fraction of sp³-hybridized carbons (Fsp3) is 0.278. The molecule has 0 aliphatic carbocycles. The summed E-state index contributed by atoms with van der Waals surface area (Å²) in [7, 11) is 0. The van der Waals surface area contributed by atoms with Crippen LogP contribution in [0.5, 0.6) is 0 Å². The van der Waals surface area contributed by atoms with Crippen molar-refractivity contribution in [1.29, 1.82) is 0 Å². The summed E-state index contributed by atoms with van der Waals surface area (Å²) in [5.74, 6) is -0.701. The highest BCUT2D eigenvalue weighted by atomic mass is 35.5. The molecule has 1 aliphatic rings. The minimum absolute atomic E-state index is 0.140. The van der Waals surface area contributed by atoms with Crippen LogP contribution in [0, 0.1) is 0 Å². The number of nitrogens with one attached hydrogen (secondary N) is 3. The van der Waals surface area contributed by atoms with Gasteiger partial charge in [0.15, 0.2) is 0 Å². The summed E-state index contributed by atoms with van der Waals surface area (Å²) in [4.78, 5) is 37.1. The SMILES string of the molecule is CC(NC(=O)c1cnc2n1CCN2)c1ncc(C(=O)Nc2cc(C(F)(F)F)c(Cl)cn2)s1. The lowest BCUT2D eigenvalue weighted by molar-refractivity contribution is -0.137. The first-order chi connectivity index (χ1) is 15.1. The van der Waals surface area contributed by atoms with E-state index in [1.54, 1.807) is 11.5 Å². The Morgan fingerprint density at radius 1 is 1.22 bits per heavy atom. The number of imidazole rings is 1. The number of carbonyl (C=O) groups is 2. The van der Waals surface area contributed by atoms with Gasteiger partial charge in [0.25, 0.3) is 11.8 Å². The summed E-state index contributed by atoms with van der Waals surface area (Å²) in [6.45, 7) is 3.02. The predicted molar refractivity (Wildman–Crippen MR) is 111 cm³/mol. The minimum Gasteiger partial charge on any atom is -0.354 e. The molecule has 0 aromatic carbocycles. The Morgan fingerprint density at radius 2 is 2.00 bits per heavy atom. The first-order valence-electron chi connectivity index (χ1n) is 9.23. The average molecular weight is 486 g/mol. The largest absolute Gasteiger partial charge is 0.418 e. The second kappa shape index (κ2) is 8.39. The van der Waals surface area contributed by atoms with Gasteiger partial charge in [0.1, 0.15) is 21.4 Å². The number of pyridine rings is 1. The molecular weight excluding hydrogens is 471 g/mol. The van der Waals surface area contributed by atoms with Gasteiger partial charge in [0.05, 0.1) is 29.0 Å². The van der Waals surface area contributed by atoms with Gasteiger partial charge in [-0.25, -0.2) is 15.0 Å². The van der Waals surface area contributed by atoms with Crippen molar-refractivity contribution >= 4 is 46.5 Å². The lowest BCUT2D eigenvalue weighted by Gasteiger charge is -2.11. The molecule has 3 aromatic rings. The number of hydrogen-bond acceptors (Lipinski definition) is 7. The monoisotopic (exact) mass is 485 g/mol. The number of thiazole rings is 1. The smallest absolute Gasteiger partial charge is 0.354 e. The average Bonchev–Trinajstić information content (AvgIpc) is 3.45. The zero-order valence-electron chi connectivity index (χ0n) is 16.3. The van der Waals surface area contributed by atoms with Crippen molar-refractivity contribution in [3.63, 3.8) is 0 Å². The van der Waals surface area contributed by atoms with Crippen LogP contribution in [0.3, 0.4) is 0 Å². The molecule has 0 saturated carbocycles. The molecule has 0 fully saturated rings. The van der Waals surface area contributed by atoms with Crippen LogP contribution in [0.25, 0.3) is 0 Å². The van der Waals surface area contributed by atoms with E-state index in [0.29, 0.717) is 35.8 Å². The number of amides is 2. The van der Waals surface area contributed by atoms with E-state index in [1.807, 2.05) is 0 Å². The molecule has 2 amide bonds. The van der Waals surface area contributed by atoms with E-state index in [4.69, 9.17) is 11.6 Å².